The molecule has 0 saturated carbocycles. The van der Waals surface area contributed by atoms with Crippen LogP contribution < -0.4 is 4.74 Å². The van der Waals surface area contributed by atoms with Gasteiger partial charge in [-0.3, -0.25) is 4.79 Å². The van der Waals surface area contributed by atoms with Crippen molar-refractivity contribution in [3.05, 3.63) is 29.3 Å². The summed E-state index contributed by atoms with van der Waals surface area (Å²) in [6.07, 6.45) is -3.99. The predicted molar refractivity (Wildman–Crippen MR) is 90.2 cm³/mol. The molecule has 1 saturated heterocycles. The molecule has 2 heterocycles. The standard InChI is InChI=1S/C19H24F3NO3/c1-25-16-3-2-13-8-10-23(11-9-14(13)12-16)18(24)7-5-15-4-6-17(26-15)19(20,21)22/h2-3,12,15,17H,4-11H2,1H3/t15-,17+/m0/s1. The van der Waals surface area contributed by atoms with E-state index in [0.717, 1.165) is 18.6 Å². The third kappa shape index (κ3) is 4.50. The van der Waals surface area contributed by atoms with Crippen LogP contribution in [0.3, 0.4) is 0 Å². The summed E-state index contributed by atoms with van der Waals surface area (Å²) in [6, 6.07) is 5.96. The number of fused-ring (bicyclic) bond motifs is 1. The van der Waals surface area contributed by atoms with Gasteiger partial charge in [0.2, 0.25) is 5.91 Å². The lowest BCUT2D eigenvalue weighted by atomic mass is 10.0. The van der Waals surface area contributed by atoms with Crippen LogP contribution in [0.25, 0.3) is 0 Å². The molecular formula is C19H24F3NO3. The predicted octanol–water partition coefficient (Wildman–Crippen LogP) is 3.51. The number of carbonyl (C=O) groups is 1. The Hall–Kier alpha value is -1.76. The summed E-state index contributed by atoms with van der Waals surface area (Å²) in [5.41, 5.74) is 2.40. The smallest absolute Gasteiger partial charge is 0.414 e. The number of halogens is 3. The molecule has 0 radical (unpaired) electrons. The molecule has 0 aromatic heterocycles. The van der Waals surface area contributed by atoms with Gasteiger partial charge in [-0.05, 0) is 55.4 Å². The van der Waals surface area contributed by atoms with Gasteiger partial charge in [0, 0.05) is 19.5 Å². The van der Waals surface area contributed by atoms with E-state index in [1.165, 1.54) is 11.1 Å². The Morgan fingerprint density at radius 3 is 2.62 bits per heavy atom. The minimum absolute atomic E-state index is 0.0103. The maximum atomic E-state index is 12.6. The van der Waals surface area contributed by atoms with Crippen molar-refractivity contribution in [2.24, 2.45) is 0 Å². The van der Waals surface area contributed by atoms with Crippen LogP contribution in [0, 0.1) is 0 Å². The Labute approximate surface area is 151 Å². The van der Waals surface area contributed by atoms with Crippen LogP contribution in [0.5, 0.6) is 5.75 Å². The topological polar surface area (TPSA) is 38.8 Å². The molecule has 0 spiro atoms. The van der Waals surface area contributed by atoms with Gasteiger partial charge in [0.05, 0.1) is 13.2 Å². The summed E-state index contributed by atoms with van der Waals surface area (Å²) in [5, 5.41) is 0. The molecule has 1 aromatic rings. The van der Waals surface area contributed by atoms with Crippen molar-refractivity contribution >= 4 is 5.91 Å². The maximum absolute atomic E-state index is 12.6. The number of hydrogen-bond acceptors (Lipinski definition) is 3. The van der Waals surface area contributed by atoms with E-state index in [1.54, 1.807) is 7.11 Å². The van der Waals surface area contributed by atoms with Crippen molar-refractivity contribution in [3.63, 3.8) is 0 Å². The monoisotopic (exact) mass is 371 g/mol. The Morgan fingerprint density at radius 1 is 1.23 bits per heavy atom. The van der Waals surface area contributed by atoms with Crippen molar-refractivity contribution in [2.45, 2.75) is 56.9 Å². The van der Waals surface area contributed by atoms with Crippen LogP contribution in [0.2, 0.25) is 0 Å². The number of nitrogens with zero attached hydrogens (tertiary/aromatic N) is 1. The van der Waals surface area contributed by atoms with Crippen LogP contribution in [-0.4, -0.2) is 49.4 Å². The third-order valence-corrected chi connectivity index (χ3v) is 5.22. The van der Waals surface area contributed by atoms with Gasteiger partial charge < -0.3 is 14.4 Å². The summed E-state index contributed by atoms with van der Waals surface area (Å²) in [4.78, 5) is 14.3. The Balaban J connectivity index is 1.49. The number of hydrogen-bond donors (Lipinski definition) is 0. The fourth-order valence-electron chi connectivity index (χ4n) is 3.68. The average Bonchev–Trinajstić information content (AvgIpc) is 3.00. The molecule has 2 aliphatic heterocycles. The minimum Gasteiger partial charge on any atom is -0.497 e. The number of ether oxygens (including phenoxy) is 2. The molecule has 1 fully saturated rings. The van der Waals surface area contributed by atoms with Crippen molar-refractivity contribution in [1.82, 2.24) is 4.90 Å². The highest BCUT2D eigenvalue weighted by Crippen LogP contribution is 2.34. The van der Waals surface area contributed by atoms with E-state index in [9.17, 15) is 18.0 Å². The minimum atomic E-state index is -4.31. The first-order valence-electron chi connectivity index (χ1n) is 9.02. The van der Waals surface area contributed by atoms with Crippen LogP contribution in [0.4, 0.5) is 13.2 Å². The van der Waals surface area contributed by atoms with Crippen molar-refractivity contribution in [3.8, 4) is 5.75 Å². The Morgan fingerprint density at radius 2 is 1.96 bits per heavy atom. The lowest BCUT2D eigenvalue weighted by molar-refractivity contribution is -0.215. The number of rotatable bonds is 4. The molecule has 0 aliphatic carbocycles. The summed E-state index contributed by atoms with van der Waals surface area (Å²) in [7, 11) is 1.63. The van der Waals surface area contributed by atoms with Gasteiger partial charge in [0.25, 0.3) is 0 Å². The maximum Gasteiger partial charge on any atom is 0.414 e. The van der Waals surface area contributed by atoms with E-state index >= 15 is 0 Å². The molecule has 7 heteroatoms. The van der Waals surface area contributed by atoms with Gasteiger partial charge in [-0.15, -0.1) is 0 Å². The van der Waals surface area contributed by atoms with E-state index in [1.807, 2.05) is 23.1 Å². The summed E-state index contributed by atoms with van der Waals surface area (Å²) < 4.78 is 48.2. The van der Waals surface area contributed by atoms with Crippen molar-refractivity contribution in [2.75, 3.05) is 20.2 Å². The fourth-order valence-corrected chi connectivity index (χ4v) is 3.68. The van der Waals surface area contributed by atoms with Crippen LogP contribution in [0.1, 0.15) is 36.8 Å². The second-order valence-electron chi connectivity index (χ2n) is 6.92. The quantitative estimate of drug-likeness (QED) is 0.813. The summed E-state index contributed by atoms with van der Waals surface area (Å²) >= 11 is 0. The lowest BCUT2D eigenvalue weighted by Gasteiger charge is -2.21. The second kappa shape index (κ2) is 7.86. The highest BCUT2D eigenvalue weighted by atomic mass is 19.4. The molecule has 0 unspecified atom stereocenters. The molecule has 2 atom stereocenters. The summed E-state index contributed by atoms with van der Waals surface area (Å²) in [6.45, 7) is 1.25. The van der Waals surface area contributed by atoms with Gasteiger partial charge in [-0.1, -0.05) is 6.07 Å². The number of alkyl halides is 3. The van der Waals surface area contributed by atoms with Crippen LogP contribution in [0.15, 0.2) is 18.2 Å². The SMILES string of the molecule is COc1ccc2c(c1)CCN(C(=O)CC[C@@H]1CC[C@H](C(F)(F)F)O1)CC2. The Bertz CT molecular complexity index is 647. The van der Waals surface area contributed by atoms with Crippen molar-refractivity contribution < 1.29 is 27.4 Å². The molecule has 1 amide bonds. The third-order valence-electron chi connectivity index (χ3n) is 5.22. The van der Waals surface area contributed by atoms with Gasteiger partial charge in [0.15, 0.2) is 6.10 Å². The lowest BCUT2D eigenvalue weighted by Crippen LogP contribution is -2.34. The van der Waals surface area contributed by atoms with Gasteiger partial charge in [-0.2, -0.15) is 13.2 Å². The first-order valence-corrected chi connectivity index (χ1v) is 9.02. The van der Waals surface area contributed by atoms with E-state index in [-0.39, 0.29) is 18.7 Å². The largest absolute Gasteiger partial charge is 0.497 e. The van der Waals surface area contributed by atoms with E-state index in [2.05, 4.69) is 0 Å². The number of methoxy groups -OCH3 is 1. The van der Waals surface area contributed by atoms with Gasteiger partial charge in [0.1, 0.15) is 5.75 Å². The molecular weight excluding hydrogens is 347 g/mol. The van der Waals surface area contributed by atoms with Gasteiger partial charge >= 0.3 is 6.18 Å². The highest BCUT2D eigenvalue weighted by Gasteiger charge is 2.45. The second-order valence-corrected chi connectivity index (χ2v) is 6.92. The number of benzene rings is 1. The fraction of sp³-hybridized carbons (Fsp3) is 0.632. The molecule has 0 bridgehead atoms. The van der Waals surface area contributed by atoms with Gasteiger partial charge in [-0.25, -0.2) is 0 Å². The molecule has 0 N–H and O–H groups in total. The molecule has 1 aromatic carbocycles. The average molecular weight is 371 g/mol. The van der Waals surface area contributed by atoms with E-state index in [4.69, 9.17) is 9.47 Å². The van der Waals surface area contributed by atoms with E-state index < -0.39 is 18.4 Å². The normalized spacial score (nSPS) is 23.5. The molecule has 4 nitrogen and oxygen atoms in total. The zero-order valence-electron chi connectivity index (χ0n) is 14.8. The Kier molecular flexibility index (Phi) is 5.75. The number of carbonyl (C=O) groups excluding carboxylic acids is 1. The van der Waals surface area contributed by atoms with E-state index in [0.29, 0.717) is 25.9 Å². The first kappa shape index (κ1) is 19.0. The molecule has 3 rings (SSSR count). The van der Waals surface area contributed by atoms with Crippen LogP contribution in [-0.2, 0) is 22.4 Å². The van der Waals surface area contributed by atoms with Crippen molar-refractivity contribution in [1.29, 1.82) is 0 Å². The summed E-state index contributed by atoms with van der Waals surface area (Å²) in [5.74, 6) is 0.796. The van der Waals surface area contributed by atoms with Crippen LogP contribution >= 0.6 is 0 Å². The zero-order valence-corrected chi connectivity index (χ0v) is 14.8. The molecule has 26 heavy (non-hydrogen) atoms. The first-order chi connectivity index (χ1) is 12.4. The number of amides is 1. The molecule has 2 aliphatic rings. The molecule has 144 valence electrons. The highest BCUT2D eigenvalue weighted by molar-refractivity contribution is 5.76. The zero-order chi connectivity index (χ0) is 18.7.